The highest BCUT2D eigenvalue weighted by Gasteiger charge is 2.23. The SMILES string of the molecule is CCOC1CCN(C(=O)c2ccc(-c3cccc4nc(N)nn34)cc2)CC1. The summed E-state index contributed by atoms with van der Waals surface area (Å²) in [6.45, 7) is 4.21. The zero-order chi connectivity index (χ0) is 18.8. The Kier molecular flexibility index (Phi) is 4.77. The Morgan fingerprint density at radius 1 is 1.19 bits per heavy atom. The van der Waals surface area contributed by atoms with Crippen LogP contribution in [0.2, 0.25) is 0 Å². The second-order valence-electron chi connectivity index (χ2n) is 6.68. The average molecular weight is 365 g/mol. The number of nitrogen functional groups attached to an aromatic ring is 1. The van der Waals surface area contributed by atoms with Crippen LogP contribution in [-0.2, 0) is 4.74 Å². The molecule has 27 heavy (non-hydrogen) atoms. The first-order valence-corrected chi connectivity index (χ1v) is 9.28. The van der Waals surface area contributed by atoms with Crippen molar-refractivity contribution >= 4 is 17.5 Å². The van der Waals surface area contributed by atoms with Gasteiger partial charge in [-0.05, 0) is 44.0 Å². The fourth-order valence-electron chi connectivity index (χ4n) is 3.57. The molecule has 1 aromatic carbocycles. The van der Waals surface area contributed by atoms with Crippen LogP contribution in [0, 0.1) is 0 Å². The summed E-state index contributed by atoms with van der Waals surface area (Å²) in [5, 5.41) is 4.24. The Labute approximate surface area is 157 Å². The Bertz CT molecular complexity index is 943. The summed E-state index contributed by atoms with van der Waals surface area (Å²) < 4.78 is 7.37. The van der Waals surface area contributed by atoms with Gasteiger partial charge in [0, 0.05) is 30.8 Å². The standard InChI is InChI=1S/C20H23N5O2/c1-2-27-16-10-12-24(13-11-16)19(26)15-8-6-14(7-9-15)17-4-3-5-18-22-20(21)23-25(17)18/h3-9,16H,2,10-13H2,1H3,(H2,21,23). The second kappa shape index (κ2) is 7.36. The van der Waals surface area contributed by atoms with Gasteiger partial charge in [-0.2, -0.15) is 4.98 Å². The first-order chi connectivity index (χ1) is 13.2. The van der Waals surface area contributed by atoms with Gasteiger partial charge in [-0.25, -0.2) is 4.52 Å². The number of pyridine rings is 1. The molecule has 0 bridgehead atoms. The van der Waals surface area contributed by atoms with Crippen molar-refractivity contribution in [2.45, 2.75) is 25.9 Å². The molecule has 0 atom stereocenters. The van der Waals surface area contributed by atoms with Crippen LogP contribution < -0.4 is 5.73 Å². The molecule has 140 valence electrons. The third-order valence-electron chi connectivity index (χ3n) is 4.94. The van der Waals surface area contributed by atoms with Crippen LogP contribution in [-0.4, -0.2) is 51.2 Å². The van der Waals surface area contributed by atoms with Gasteiger partial charge in [-0.3, -0.25) is 4.79 Å². The molecular weight excluding hydrogens is 342 g/mol. The molecule has 1 fully saturated rings. The number of amides is 1. The largest absolute Gasteiger partial charge is 0.378 e. The number of benzene rings is 1. The van der Waals surface area contributed by atoms with Crippen LogP contribution in [0.3, 0.4) is 0 Å². The number of carbonyl (C=O) groups excluding carboxylic acids is 1. The summed E-state index contributed by atoms with van der Waals surface area (Å²) in [7, 11) is 0. The van der Waals surface area contributed by atoms with Gasteiger partial charge in [-0.1, -0.05) is 18.2 Å². The molecule has 7 heteroatoms. The Morgan fingerprint density at radius 2 is 1.93 bits per heavy atom. The Hall–Kier alpha value is -2.93. The number of ether oxygens (including phenoxy) is 1. The van der Waals surface area contributed by atoms with E-state index in [2.05, 4.69) is 10.1 Å². The molecule has 1 aliphatic rings. The Balaban J connectivity index is 1.51. The molecule has 0 saturated carbocycles. The number of anilines is 1. The highest BCUT2D eigenvalue weighted by atomic mass is 16.5. The molecule has 3 aromatic rings. The highest BCUT2D eigenvalue weighted by molar-refractivity contribution is 5.94. The lowest BCUT2D eigenvalue weighted by molar-refractivity contribution is 0.0146. The van der Waals surface area contributed by atoms with E-state index in [0.717, 1.165) is 43.8 Å². The van der Waals surface area contributed by atoms with Crippen LogP contribution in [0.15, 0.2) is 42.5 Å². The van der Waals surface area contributed by atoms with Gasteiger partial charge in [-0.15, -0.1) is 5.10 Å². The lowest BCUT2D eigenvalue weighted by Crippen LogP contribution is -2.40. The number of carbonyl (C=O) groups is 1. The first-order valence-electron chi connectivity index (χ1n) is 9.28. The second-order valence-corrected chi connectivity index (χ2v) is 6.68. The lowest BCUT2D eigenvalue weighted by atomic mass is 10.0. The predicted octanol–water partition coefficient (Wildman–Crippen LogP) is 2.62. The maximum atomic E-state index is 12.8. The van der Waals surface area contributed by atoms with Crippen LogP contribution in [0.4, 0.5) is 5.95 Å². The van der Waals surface area contributed by atoms with E-state index >= 15 is 0 Å². The van der Waals surface area contributed by atoms with E-state index in [1.807, 2.05) is 54.3 Å². The van der Waals surface area contributed by atoms with Gasteiger partial charge < -0.3 is 15.4 Å². The minimum Gasteiger partial charge on any atom is -0.378 e. The van der Waals surface area contributed by atoms with E-state index in [-0.39, 0.29) is 18.0 Å². The lowest BCUT2D eigenvalue weighted by Gasteiger charge is -2.31. The normalized spacial score (nSPS) is 15.4. The van der Waals surface area contributed by atoms with Crippen LogP contribution in [0.25, 0.3) is 16.9 Å². The summed E-state index contributed by atoms with van der Waals surface area (Å²) >= 11 is 0. The van der Waals surface area contributed by atoms with Crippen molar-refractivity contribution in [3.05, 3.63) is 48.0 Å². The summed E-state index contributed by atoms with van der Waals surface area (Å²) in [6.07, 6.45) is 2.07. The molecule has 3 heterocycles. The van der Waals surface area contributed by atoms with E-state index in [0.29, 0.717) is 11.2 Å². The third-order valence-corrected chi connectivity index (χ3v) is 4.94. The van der Waals surface area contributed by atoms with Crippen molar-refractivity contribution < 1.29 is 9.53 Å². The molecular formula is C20H23N5O2. The van der Waals surface area contributed by atoms with E-state index in [1.165, 1.54) is 0 Å². The monoisotopic (exact) mass is 365 g/mol. The smallest absolute Gasteiger partial charge is 0.253 e. The zero-order valence-corrected chi connectivity index (χ0v) is 15.3. The number of nitrogens with two attached hydrogens (primary N) is 1. The zero-order valence-electron chi connectivity index (χ0n) is 15.3. The molecule has 1 aliphatic heterocycles. The average Bonchev–Trinajstić information content (AvgIpc) is 3.08. The molecule has 0 aliphatic carbocycles. The minimum absolute atomic E-state index is 0.0692. The van der Waals surface area contributed by atoms with E-state index < -0.39 is 0 Å². The highest BCUT2D eigenvalue weighted by Crippen LogP contribution is 2.22. The quantitative estimate of drug-likeness (QED) is 0.768. The number of nitrogens with zero attached hydrogens (tertiary/aromatic N) is 4. The summed E-state index contributed by atoms with van der Waals surface area (Å²) in [5.74, 6) is 0.310. The summed E-state index contributed by atoms with van der Waals surface area (Å²) in [6, 6.07) is 13.3. The predicted molar refractivity (Wildman–Crippen MR) is 103 cm³/mol. The van der Waals surface area contributed by atoms with Gasteiger partial charge in [0.05, 0.1) is 11.8 Å². The number of fused-ring (bicyclic) bond motifs is 1. The maximum absolute atomic E-state index is 12.8. The van der Waals surface area contributed by atoms with Gasteiger partial charge in [0.1, 0.15) is 0 Å². The summed E-state index contributed by atoms with van der Waals surface area (Å²) in [4.78, 5) is 18.9. The van der Waals surface area contributed by atoms with E-state index in [4.69, 9.17) is 10.5 Å². The van der Waals surface area contributed by atoms with Crippen molar-refractivity contribution in [3.8, 4) is 11.3 Å². The number of piperidine rings is 1. The molecule has 0 radical (unpaired) electrons. The van der Waals surface area contributed by atoms with Crippen molar-refractivity contribution in [1.82, 2.24) is 19.5 Å². The molecule has 0 unspecified atom stereocenters. The van der Waals surface area contributed by atoms with Crippen molar-refractivity contribution in [2.75, 3.05) is 25.4 Å². The Morgan fingerprint density at radius 3 is 2.63 bits per heavy atom. The number of hydrogen-bond acceptors (Lipinski definition) is 5. The van der Waals surface area contributed by atoms with Crippen LogP contribution in [0.5, 0.6) is 0 Å². The molecule has 1 amide bonds. The van der Waals surface area contributed by atoms with Gasteiger partial charge in [0.15, 0.2) is 5.65 Å². The fourth-order valence-corrected chi connectivity index (χ4v) is 3.57. The van der Waals surface area contributed by atoms with E-state index in [9.17, 15) is 4.79 Å². The molecule has 4 rings (SSSR count). The number of rotatable bonds is 4. The van der Waals surface area contributed by atoms with E-state index in [1.54, 1.807) is 4.52 Å². The van der Waals surface area contributed by atoms with Crippen LogP contribution >= 0.6 is 0 Å². The minimum atomic E-state index is 0.0692. The fraction of sp³-hybridized carbons (Fsp3) is 0.350. The van der Waals surface area contributed by atoms with Crippen molar-refractivity contribution in [2.24, 2.45) is 0 Å². The van der Waals surface area contributed by atoms with Gasteiger partial charge in [0.25, 0.3) is 5.91 Å². The molecule has 0 spiro atoms. The van der Waals surface area contributed by atoms with Crippen molar-refractivity contribution in [3.63, 3.8) is 0 Å². The summed E-state index contributed by atoms with van der Waals surface area (Å²) in [5.41, 5.74) is 8.94. The van der Waals surface area contributed by atoms with Crippen molar-refractivity contribution in [1.29, 1.82) is 0 Å². The third kappa shape index (κ3) is 3.50. The number of hydrogen-bond donors (Lipinski definition) is 1. The number of likely N-dealkylation sites (tertiary alicyclic amines) is 1. The maximum Gasteiger partial charge on any atom is 0.253 e. The molecule has 2 aromatic heterocycles. The van der Waals surface area contributed by atoms with Gasteiger partial charge in [0.2, 0.25) is 5.95 Å². The van der Waals surface area contributed by atoms with Gasteiger partial charge >= 0.3 is 0 Å². The molecule has 1 saturated heterocycles. The number of aromatic nitrogens is 3. The first kappa shape index (κ1) is 17.5. The van der Waals surface area contributed by atoms with Crippen LogP contribution in [0.1, 0.15) is 30.1 Å². The molecule has 2 N–H and O–H groups in total. The topological polar surface area (TPSA) is 85.8 Å². The molecule has 7 nitrogen and oxygen atoms in total.